The number of ether oxygens (including phenoxy) is 1. The first-order valence-electron chi connectivity index (χ1n) is 10.3. The van der Waals surface area contributed by atoms with E-state index in [0.29, 0.717) is 22.6 Å². The molecule has 2 atom stereocenters. The van der Waals surface area contributed by atoms with Crippen LogP contribution in [0.1, 0.15) is 28.7 Å². The standard InChI is InChI=1S/C26H21ClFNO4S/c1-34(31,32)23-4-2-3-19(13-23)26(33-16-30)25(18-7-11-22(28)12-8-18)20-14-24(29-15-20)17-5-9-21(27)10-6-17/h2-16,25-26,29H,1H3. The second kappa shape index (κ2) is 9.83. The highest BCUT2D eigenvalue weighted by molar-refractivity contribution is 7.90. The number of aromatic amines is 1. The van der Waals surface area contributed by atoms with Gasteiger partial charge in [0.25, 0.3) is 6.47 Å². The van der Waals surface area contributed by atoms with Crippen LogP contribution in [0.3, 0.4) is 0 Å². The van der Waals surface area contributed by atoms with Crippen molar-refractivity contribution >= 4 is 27.9 Å². The van der Waals surface area contributed by atoms with Crippen molar-refractivity contribution in [3.8, 4) is 11.3 Å². The van der Waals surface area contributed by atoms with E-state index in [9.17, 15) is 17.6 Å². The molecular formula is C26H21ClFNO4S. The van der Waals surface area contributed by atoms with Crippen LogP contribution in [-0.4, -0.2) is 26.1 Å². The van der Waals surface area contributed by atoms with E-state index in [1.165, 1.54) is 24.3 Å². The summed E-state index contributed by atoms with van der Waals surface area (Å²) in [5.41, 5.74) is 3.68. The third kappa shape index (κ3) is 5.21. The summed E-state index contributed by atoms with van der Waals surface area (Å²) >= 11 is 6.00. The molecule has 0 amide bonds. The third-order valence-corrected chi connectivity index (χ3v) is 6.93. The normalized spacial score (nSPS) is 13.3. The Bertz CT molecular complexity index is 1400. The summed E-state index contributed by atoms with van der Waals surface area (Å²) in [7, 11) is -3.48. The lowest BCUT2D eigenvalue weighted by Gasteiger charge is -2.26. The van der Waals surface area contributed by atoms with Gasteiger partial charge in [-0.1, -0.05) is 48.0 Å². The first kappa shape index (κ1) is 23.7. The Morgan fingerprint density at radius 1 is 0.941 bits per heavy atom. The molecule has 0 aliphatic heterocycles. The highest BCUT2D eigenvalue weighted by Gasteiger charge is 2.30. The van der Waals surface area contributed by atoms with Crippen LogP contribution in [0, 0.1) is 5.82 Å². The van der Waals surface area contributed by atoms with Crippen molar-refractivity contribution in [3.05, 3.63) is 113 Å². The molecule has 0 bridgehead atoms. The number of rotatable bonds is 8. The second-order valence-electron chi connectivity index (χ2n) is 7.88. The summed E-state index contributed by atoms with van der Waals surface area (Å²) in [5.74, 6) is -0.941. The van der Waals surface area contributed by atoms with Crippen molar-refractivity contribution < 1.29 is 22.3 Å². The molecule has 0 saturated heterocycles. The van der Waals surface area contributed by atoms with Crippen LogP contribution < -0.4 is 0 Å². The Morgan fingerprint density at radius 2 is 1.65 bits per heavy atom. The lowest BCUT2D eigenvalue weighted by molar-refractivity contribution is -0.134. The van der Waals surface area contributed by atoms with E-state index in [-0.39, 0.29) is 4.90 Å². The minimum absolute atomic E-state index is 0.110. The van der Waals surface area contributed by atoms with Crippen LogP contribution in [0.15, 0.2) is 90.0 Å². The molecule has 4 rings (SSSR count). The molecular weight excluding hydrogens is 477 g/mol. The summed E-state index contributed by atoms with van der Waals surface area (Å²) in [4.78, 5) is 14.9. The predicted molar refractivity (Wildman–Crippen MR) is 129 cm³/mol. The molecule has 4 aromatic rings. The molecule has 5 nitrogen and oxygen atoms in total. The maximum Gasteiger partial charge on any atom is 0.293 e. The monoisotopic (exact) mass is 497 g/mol. The fourth-order valence-corrected chi connectivity index (χ4v) is 4.73. The van der Waals surface area contributed by atoms with Crippen LogP contribution >= 0.6 is 11.6 Å². The number of sulfone groups is 1. The fourth-order valence-electron chi connectivity index (χ4n) is 3.93. The van der Waals surface area contributed by atoms with Crippen LogP contribution in [0.25, 0.3) is 11.3 Å². The number of aromatic nitrogens is 1. The predicted octanol–water partition coefficient (Wildman–Crippen LogP) is 5.92. The first-order valence-corrected chi connectivity index (χ1v) is 12.6. The van der Waals surface area contributed by atoms with Gasteiger partial charge in [-0.15, -0.1) is 0 Å². The van der Waals surface area contributed by atoms with Gasteiger partial charge in [0.1, 0.15) is 11.9 Å². The van der Waals surface area contributed by atoms with E-state index in [0.717, 1.165) is 23.1 Å². The van der Waals surface area contributed by atoms with Crippen molar-refractivity contribution in [1.29, 1.82) is 0 Å². The maximum absolute atomic E-state index is 13.7. The Kier molecular flexibility index (Phi) is 6.86. The van der Waals surface area contributed by atoms with E-state index >= 15 is 0 Å². The summed E-state index contributed by atoms with van der Waals surface area (Å²) in [6.45, 7) is 0.334. The quantitative estimate of drug-likeness (QED) is 0.306. The zero-order chi connectivity index (χ0) is 24.3. The van der Waals surface area contributed by atoms with Gasteiger partial charge in [0.15, 0.2) is 9.84 Å². The molecule has 0 fully saturated rings. The first-order chi connectivity index (χ1) is 16.3. The van der Waals surface area contributed by atoms with E-state index in [2.05, 4.69) is 4.98 Å². The van der Waals surface area contributed by atoms with Gasteiger partial charge in [-0.3, -0.25) is 4.79 Å². The number of halogens is 2. The van der Waals surface area contributed by atoms with Gasteiger partial charge in [-0.05, 0) is 64.7 Å². The highest BCUT2D eigenvalue weighted by atomic mass is 35.5. The number of nitrogens with one attached hydrogen (secondary N) is 1. The Labute approximate surface area is 202 Å². The molecule has 0 radical (unpaired) electrons. The minimum atomic E-state index is -3.48. The molecule has 0 aliphatic rings. The van der Waals surface area contributed by atoms with Gasteiger partial charge in [0, 0.05) is 23.2 Å². The lowest BCUT2D eigenvalue weighted by Crippen LogP contribution is -2.16. The molecule has 2 unspecified atom stereocenters. The number of H-pyrrole nitrogens is 1. The smallest absolute Gasteiger partial charge is 0.293 e. The van der Waals surface area contributed by atoms with E-state index in [1.54, 1.807) is 42.6 Å². The number of carbonyl (C=O) groups excluding carboxylic acids is 1. The topological polar surface area (TPSA) is 76.2 Å². The molecule has 1 N–H and O–H groups in total. The maximum atomic E-state index is 13.7. The zero-order valence-electron chi connectivity index (χ0n) is 18.1. The molecule has 34 heavy (non-hydrogen) atoms. The minimum Gasteiger partial charge on any atom is -0.459 e. The van der Waals surface area contributed by atoms with Crippen LogP contribution in [0.5, 0.6) is 0 Å². The molecule has 0 aliphatic carbocycles. The van der Waals surface area contributed by atoms with Crippen molar-refractivity contribution in [2.45, 2.75) is 16.9 Å². The number of benzene rings is 3. The van der Waals surface area contributed by atoms with Gasteiger partial charge in [0.2, 0.25) is 0 Å². The van der Waals surface area contributed by atoms with Crippen LogP contribution in [0.2, 0.25) is 5.02 Å². The molecule has 0 spiro atoms. The largest absolute Gasteiger partial charge is 0.459 e. The molecule has 174 valence electrons. The zero-order valence-corrected chi connectivity index (χ0v) is 19.7. The number of carbonyl (C=O) groups is 1. The third-order valence-electron chi connectivity index (χ3n) is 5.57. The summed E-state index contributed by atoms with van der Waals surface area (Å²) in [6.07, 6.45) is 2.04. The second-order valence-corrected chi connectivity index (χ2v) is 10.3. The van der Waals surface area contributed by atoms with Gasteiger partial charge >= 0.3 is 0 Å². The lowest BCUT2D eigenvalue weighted by atomic mass is 9.84. The van der Waals surface area contributed by atoms with E-state index in [4.69, 9.17) is 16.3 Å². The average Bonchev–Trinajstić information content (AvgIpc) is 3.30. The highest BCUT2D eigenvalue weighted by Crippen LogP contribution is 2.41. The summed E-state index contributed by atoms with van der Waals surface area (Å²) < 4.78 is 43.5. The molecule has 1 aromatic heterocycles. The number of hydrogen-bond acceptors (Lipinski definition) is 4. The van der Waals surface area contributed by atoms with Gasteiger partial charge in [-0.2, -0.15) is 0 Å². The molecule has 0 saturated carbocycles. The van der Waals surface area contributed by atoms with Crippen molar-refractivity contribution in [3.63, 3.8) is 0 Å². The molecule has 3 aromatic carbocycles. The molecule has 1 heterocycles. The Balaban J connectivity index is 1.85. The summed E-state index contributed by atoms with van der Waals surface area (Å²) in [6, 6.07) is 21.4. The van der Waals surface area contributed by atoms with Gasteiger partial charge in [0.05, 0.1) is 10.8 Å². The van der Waals surface area contributed by atoms with Gasteiger partial charge in [-0.25, -0.2) is 12.8 Å². The fraction of sp³-hybridized carbons (Fsp3) is 0.115. The SMILES string of the molecule is CS(=O)(=O)c1cccc(C(OC=O)C(c2ccc(F)cc2)c2c[nH]c(-c3ccc(Cl)cc3)c2)c1. The van der Waals surface area contributed by atoms with Gasteiger partial charge < -0.3 is 9.72 Å². The van der Waals surface area contributed by atoms with Crippen LogP contribution in [-0.2, 0) is 19.4 Å². The molecule has 8 heteroatoms. The Morgan fingerprint density at radius 3 is 2.29 bits per heavy atom. The van der Waals surface area contributed by atoms with Crippen molar-refractivity contribution in [1.82, 2.24) is 4.98 Å². The van der Waals surface area contributed by atoms with Crippen molar-refractivity contribution in [2.24, 2.45) is 0 Å². The Hall–Kier alpha value is -3.42. The van der Waals surface area contributed by atoms with Crippen molar-refractivity contribution in [2.75, 3.05) is 6.26 Å². The number of hydrogen-bond donors (Lipinski definition) is 1. The summed E-state index contributed by atoms with van der Waals surface area (Å²) in [5, 5.41) is 0.616. The van der Waals surface area contributed by atoms with E-state index < -0.39 is 27.7 Å². The van der Waals surface area contributed by atoms with Crippen LogP contribution in [0.4, 0.5) is 4.39 Å². The average molecular weight is 498 g/mol. The van der Waals surface area contributed by atoms with E-state index in [1.807, 2.05) is 18.2 Å².